The van der Waals surface area contributed by atoms with Gasteiger partial charge < -0.3 is 15.5 Å². The molecule has 5 heteroatoms. The molecule has 0 rings (SSSR count). The number of ketones is 1. The molecule has 0 aromatic rings. The molecule has 130 valence electrons. The molecule has 0 fully saturated rings. The van der Waals surface area contributed by atoms with E-state index < -0.39 is 17.4 Å². The summed E-state index contributed by atoms with van der Waals surface area (Å²) < 4.78 is 0. The first-order chi connectivity index (χ1) is 10.3. The van der Waals surface area contributed by atoms with Gasteiger partial charge >= 0.3 is 0 Å². The third-order valence-electron chi connectivity index (χ3n) is 3.89. The summed E-state index contributed by atoms with van der Waals surface area (Å²) in [5.74, 6) is -0.256. The van der Waals surface area contributed by atoms with E-state index in [0.717, 1.165) is 12.8 Å². The Morgan fingerprint density at radius 2 is 1.64 bits per heavy atom. The normalized spacial score (nSPS) is 13.0. The number of hydrogen-bond donors (Lipinski definition) is 3. The zero-order valence-electron chi connectivity index (χ0n) is 14.4. The van der Waals surface area contributed by atoms with Gasteiger partial charge in [0, 0.05) is 24.8 Å². The second kappa shape index (κ2) is 11.6. The molecule has 3 N–H and O–H groups in total. The van der Waals surface area contributed by atoms with Crippen LogP contribution in [0.2, 0.25) is 0 Å². The summed E-state index contributed by atoms with van der Waals surface area (Å²) in [5, 5.41) is 21.5. The molecule has 0 unspecified atom stereocenters. The second-order valence-corrected chi connectivity index (χ2v) is 6.65. The van der Waals surface area contributed by atoms with Crippen molar-refractivity contribution in [1.29, 1.82) is 0 Å². The van der Waals surface area contributed by atoms with Crippen molar-refractivity contribution in [2.45, 2.75) is 78.2 Å². The minimum absolute atomic E-state index is 0.238. The number of rotatable bonds is 13. The molecule has 0 aromatic heterocycles. The monoisotopic (exact) mass is 315 g/mol. The van der Waals surface area contributed by atoms with Gasteiger partial charge in [-0.2, -0.15) is 0 Å². The number of carbonyl (C=O) groups excluding carboxylic acids is 2. The minimum atomic E-state index is -1.24. The van der Waals surface area contributed by atoms with Gasteiger partial charge in [-0.05, 0) is 12.8 Å². The predicted octanol–water partition coefficient (Wildman–Crippen LogP) is 2.19. The number of nitrogens with one attached hydrogen (secondary N) is 1. The van der Waals surface area contributed by atoms with E-state index in [1.54, 1.807) is 13.8 Å². The van der Waals surface area contributed by atoms with Crippen LogP contribution in [0.4, 0.5) is 0 Å². The number of hydrogen-bond acceptors (Lipinski definition) is 4. The van der Waals surface area contributed by atoms with E-state index >= 15 is 0 Å². The Bertz CT molecular complexity index is 329. The fraction of sp³-hybridized carbons (Fsp3) is 0.882. The third kappa shape index (κ3) is 9.15. The quantitative estimate of drug-likeness (QED) is 0.455. The van der Waals surface area contributed by atoms with Crippen molar-refractivity contribution >= 4 is 11.7 Å². The van der Waals surface area contributed by atoms with Gasteiger partial charge in [0.1, 0.15) is 11.9 Å². The summed E-state index contributed by atoms with van der Waals surface area (Å²) in [6, 6.07) is 0. The zero-order chi connectivity index (χ0) is 17.0. The fourth-order valence-corrected chi connectivity index (χ4v) is 2.09. The molecule has 0 spiro atoms. The first kappa shape index (κ1) is 21.1. The molecule has 0 heterocycles. The predicted molar refractivity (Wildman–Crippen MR) is 87.5 cm³/mol. The Kier molecular flexibility index (Phi) is 11.1. The van der Waals surface area contributed by atoms with Crippen molar-refractivity contribution in [2.75, 3.05) is 13.2 Å². The maximum atomic E-state index is 11.7. The molecule has 0 saturated carbocycles. The smallest absolute Gasteiger partial charge is 0.249 e. The van der Waals surface area contributed by atoms with Crippen LogP contribution in [0.5, 0.6) is 0 Å². The van der Waals surface area contributed by atoms with Crippen molar-refractivity contribution < 1.29 is 19.8 Å². The van der Waals surface area contributed by atoms with Gasteiger partial charge in [0.25, 0.3) is 0 Å². The number of aliphatic hydroxyl groups excluding tert-OH is 2. The highest BCUT2D eigenvalue weighted by Gasteiger charge is 2.32. The van der Waals surface area contributed by atoms with Crippen molar-refractivity contribution in [3.05, 3.63) is 0 Å². The average molecular weight is 315 g/mol. The first-order valence-corrected chi connectivity index (χ1v) is 8.43. The van der Waals surface area contributed by atoms with Gasteiger partial charge in [-0.1, -0.05) is 46.5 Å². The number of Topliss-reactive ketones (excluding diaryl/α,β-unsaturated/α-hetero) is 1. The standard InChI is InChI=1S/C17H33NO4/c1-4-5-6-7-8-10-14(20)11-9-12-18-16(22)15(21)17(2,3)13-19/h15,19,21H,4-13H2,1-3H3,(H,18,22)/t15-/m0/s1. The van der Waals surface area contributed by atoms with E-state index in [2.05, 4.69) is 12.2 Å². The summed E-state index contributed by atoms with van der Waals surface area (Å²) in [6.07, 6.45) is 6.12. The van der Waals surface area contributed by atoms with Crippen molar-refractivity contribution in [1.82, 2.24) is 5.32 Å². The summed E-state index contributed by atoms with van der Waals surface area (Å²) in [6.45, 7) is 5.52. The summed E-state index contributed by atoms with van der Waals surface area (Å²) in [7, 11) is 0. The molecular weight excluding hydrogens is 282 g/mol. The van der Waals surface area contributed by atoms with Crippen LogP contribution in [0.1, 0.15) is 72.1 Å². The summed E-state index contributed by atoms with van der Waals surface area (Å²) in [4.78, 5) is 23.4. The molecule has 0 aromatic carbocycles. The van der Waals surface area contributed by atoms with Gasteiger partial charge in [0.15, 0.2) is 0 Å². The first-order valence-electron chi connectivity index (χ1n) is 8.43. The molecule has 0 aliphatic heterocycles. The van der Waals surface area contributed by atoms with Crippen LogP contribution in [-0.4, -0.2) is 41.2 Å². The van der Waals surface area contributed by atoms with Crippen LogP contribution in [-0.2, 0) is 9.59 Å². The largest absolute Gasteiger partial charge is 0.396 e. The van der Waals surface area contributed by atoms with E-state index in [1.165, 1.54) is 19.3 Å². The molecule has 0 aliphatic rings. The molecule has 22 heavy (non-hydrogen) atoms. The summed E-state index contributed by atoms with van der Waals surface area (Å²) >= 11 is 0. The average Bonchev–Trinajstić information content (AvgIpc) is 2.50. The third-order valence-corrected chi connectivity index (χ3v) is 3.89. The number of carbonyl (C=O) groups is 2. The van der Waals surface area contributed by atoms with Gasteiger partial charge in [-0.15, -0.1) is 0 Å². The topological polar surface area (TPSA) is 86.6 Å². The Balaban J connectivity index is 3.71. The van der Waals surface area contributed by atoms with Crippen molar-refractivity contribution in [2.24, 2.45) is 5.41 Å². The van der Waals surface area contributed by atoms with Gasteiger partial charge in [-0.25, -0.2) is 0 Å². The maximum Gasteiger partial charge on any atom is 0.249 e. The molecule has 1 amide bonds. The Morgan fingerprint density at radius 3 is 2.23 bits per heavy atom. The van der Waals surface area contributed by atoms with E-state index in [0.29, 0.717) is 25.8 Å². The zero-order valence-corrected chi connectivity index (χ0v) is 14.4. The van der Waals surface area contributed by atoms with Crippen molar-refractivity contribution in [3.8, 4) is 0 Å². The molecule has 0 radical (unpaired) electrons. The highest BCUT2D eigenvalue weighted by atomic mass is 16.3. The highest BCUT2D eigenvalue weighted by Crippen LogP contribution is 2.19. The van der Waals surface area contributed by atoms with Gasteiger partial charge in [0.2, 0.25) is 5.91 Å². The van der Waals surface area contributed by atoms with Crippen LogP contribution >= 0.6 is 0 Å². The maximum absolute atomic E-state index is 11.7. The Hall–Kier alpha value is -0.940. The molecule has 0 aliphatic carbocycles. The van der Waals surface area contributed by atoms with Crippen LogP contribution in [0, 0.1) is 5.41 Å². The lowest BCUT2D eigenvalue weighted by Gasteiger charge is -2.27. The second-order valence-electron chi connectivity index (χ2n) is 6.65. The van der Waals surface area contributed by atoms with Crippen LogP contribution in [0.15, 0.2) is 0 Å². The SMILES string of the molecule is CCCCCCCC(=O)CCCNC(=O)[C@H](O)C(C)(C)CO. The van der Waals surface area contributed by atoms with E-state index in [9.17, 15) is 14.7 Å². The Labute approximate surface area is 134 Å². The number of amides is 1. The van der Waals surface area contributed by atoms with Gasteiger partial charge in [0.05, 0.1) is 6.61 Å². The molecule has 0 saturated heterocycles. The van der Waals surface area contributed by atoms with Gasteiger partial charge in [-0.3, -0.25) is 9.59 Å². The van der Waals surface area contributed by atoms with Crippen molar-refractivity contribution in [3.63, 3.8) is 0 Å². The highest BCUT2D eigenvalue weighted by molar-refractivity contribution is 5.81. The lowest BCUT2D eigenvalue weighted by atomic mass is 9.87. The number of unbranched alkanes of at least 4 members (excludes halogenated alkanes) is 4. The molecule has 5 nitrogen and oxygen atoms in total. The Morgan fingerprint density at radius 1 is 1.05 bits per heavy atom. The molecule has 0 bridgehead atoms. The van der Waals surface area contributed by atoms with E-state index in [4.69, 9.17) is 5.11 Å². The number of aliphatic hydroxyl groups is 2. The molecular formula is C17H33NO4. The van der Waals surface area contributed by atoms with E-state index in [1.807, 2.05) is 0 Å². The van der Waals surface area contributed by atoms with Crippen LogP contribution in [0.3, 0.4) is 0 Å². The lowest BCUT2D eigenvalue weighted by Crippen LogP contribution is -2.45. The fourth-order valence-electron chi connectivity index (χ4n) is 2.09. The van der Waals surface area contributed by atoms with Crippen LogP contribution < -0.4 is 5.32 Å². The minimum Gasteiger partial charge on any atom is -0.396 e. The van der Waals surface area contributed by atoms with Crippen LogP contribution in [0.25, 0.3) is 0 Å². The lowest BCUT2D eigenvalue weighted by molar-refractivity contribution is -0.137. The molecule has 1 atom stereocenters. The van der Waals surface area contributed by atoms with E-state index in [-0.39, 0.29) is 12.4 Å². The summed E-state index contributed by atoms with van der Waals surface area (Å²) in [5.41, 5.74) is -0.863.